The number of nitrogens with zero attached hydrogens (tertiary/aromatic N) is 1. The Bertz CT molecular complexity index is 1150. The van der Waals surface area contributed by atoms with E-state index < -0.39 is 5.97 Å². The minimum atomic E-state index is -0.446. The van der Waals surface area contributed by atoms with Gasteiger partial charge in [-0.3, -0.25) is 4.79 Å². The number of aromatic nitrogens is 1. The second kappa shape index (κ2) is 7.92. The van der Waals surface area contributed by atoms with E-state index in [1.165, 1.54) is 11.3 Å². The highest BCUT2D eigenvalue weighted by atomic mass is 32.1. The van der Waals surface area contributed by atoms with E-state index >= 15 is 0 Å². The number of carbonyl (C=O) groups excluding carboxylic acids is 2. The highest BCUT2D eigenvalue weighted by molar-refractivity contribution is 7.14. The van der Waals surface area contributed by atoms with E-state index in [-0.39, 0.29) is 12.5 Å². The Morgan fingerprint density at radius 3 is 2.68 bits per heavy atom. The first-order chi connectivity index (χ1) is 13.7. The van der Waals surface area contributed by atoms with E-state index in [2.05, 4.69) is 10.3 Å². The molecule has 4 rings (SSSR count). The zero-order chi connectivity index (χ0) is 19.5. The number of hydrogen-bond acceptors (Lipinski definition) is 6. The molecule has 0 saturated carbocycles. The van der Waals surface area contributed by atoms with Crippen molar-refractivity contribution in [3.8, 4) is 10.6 Å². The van der Waals surface area contributed by atoms with Crippen LogP contribution < -0.4 is 5.32 Å². The summed E-state index contributed by atoms with van der Waals surface area (Å²) in [7, 11) is 0. The van der Waals surface area contributed by atoms with Gasteiger partial charge >= 0.3 is 5.97 Å². The average Bonchev–Trinajstić information content (AvgIpc) is 3.39. The number of pyridine rings is 1. The minimum absolute atomic E-state index is 0.279. The van der Waals surface area contributed by atoms with Gasteiger partial charge in [0.05, 0.1) is 33.8 Å². The fourth-order valence-corrected chi connectivity index (χ4v) is 4.32. The van der Waals surface area contributed by atoms with E-state index in [1.54, 1.807) is 35.8 Å². The number of nitrogens with one attached hydrogen (secondary N) is 1. The van der Waals surface area contributed by atoms with Gasteiger partial charge in [0.25, 0.3) is 5.91 Å². The summed E-state index contributed by atoms with van der Waals surface area (Å²) in [6, 6.07) is 14.9. The molecule has 140 valence electrons. The summed E-state index contributed by atoms with van der Waals surface area (Å²) in [4.78, 5) is 30.9. The van der Waals surface area contributed by atoms with E-state index in [9.17, 15) is 9.59 Å². The molecule has 4 aromatic rings. The first-order valence-electron chi connectivity index (χ1n) is 8.67. The third-order valence-corrected chi connectivity index (χ3v) is 5.84. The zero-order valence-corrected chi connectivity index (χ0v) is 16.6. The van der Waals surface area contributed by atoms with Crippen molar-refractivity contribution in [3.63, 3.8) is 0 Å². The monoisotopic (exact) mass is 408 g/mol. The maximum atomic E-state index is 13.1. The largest absolute Gasteiger partial charge is 0.462 e. The van der Waals surface area contributed by atoms with Gasteiger partial charge in [0.2, 0.25) is 0 Å². The number of carbonyl (C=O) groups is 2. The molecule has 0 aliphatic carbocycles. The number of para-hydroxylation sites is 1. The van der Waals surface area contributed by atoms with Gasteiger partial charge in [0.1, 0.15) is 5.00 Å². The van der Waals surface area contributed by atoms with Crippen LogP contribution in [0.15, 0.2) is 59.3 Å². The van der Waals surface area contributed by atoms with Crippen LogP contribution in [-0.2, 0) is 4.74 Å². The van der Waals surface area contributed by atoms with Crippen LogP contribution in [0.3, 0.4) is 0 Å². The van der Waals surface area contributed by atoms with Crippen LogP contribution in [0.5, 0.6) is 0 Å². The SMILES string of the molecule is CCOC(=O)c1ccsc1NC(=O)c1cc(-c2cccs2)nc2ccccc12. The lowest BCUT2D eigenvalue weighted by Crippen LogP contribution is -2.15. The number of anilines is 1. The van der Waals surface area contributed by atoms with Gasteiger partial charge in [-0.25, -0.2) is 9.78 Å². The zero-order valence-electron chi connectivity index (χ0n) is 15.0. The molecule has 0 fully saturated rings. The van der Waals surface area contributed by atoms with Crippen LogP contribution in [0.4, 0.5) is 5.00 Å². The lowest BCUT2D eigenvalue weighted by atomic mass is 10.1. The van der Waals surface area contributed by atoms with Crippen LogP contribution in [-0.4, -0.2) is 23.5 Å². The Balaban J connectivity index is 1.74. The summed E-state index contributed by atoms with van der Waals surface area (Å²) in [6.07, 6.45) is 0. The van der Waals surface area contributed by atoms with Gasteiger partial charge in [0, 0.05) is 5.39 Å². The molecule has 0 aliphatic rings. The quantitative estimate of drug-likeness (QED) is 0.446. The normalized spacial score (nSPS) is 10.8. The molecule has 0 saturated heterocycles. The van der Waals surface area contributed by atoms with E-state index in [0.717, 1.165) is 21.5 Å². The molecule has 3 aromatic heterocycles. The number of ether oxygens (including phenoxy) is 1. The predicted octanol–water partition coefficient (Wildman–Crippen LogP) is 5.45. The molecule has 0 spiro atoms. The summed E-state index contributed by atoms with van der Waals surface area (Å²) in [5, 5.41) is 7.83. The molecule has 1 amide bonds. The molecule has 3 heterocycles. The Kier molecular flexibility index (Phi) is 5.18. The third-order valence-electron chi connectivity index (χ3n) is 4.12. The van der Waals surface area contributed by atoms with Crippen molar-refractivity contribution in [3.05, 3.63) is 70.4 Å². The van der Waals surface area contributed by atoms with Gasteiger partial charge in [-0.05, 0) is 41.9 Å². The third kappa shape index (κ3) is 3.54. The Morgan fingerprint density at radius 2 is 1.89 bits per heavy atom. The molecule has 28 heavy (non-hydrogen) atoms. The standard InChI is InChI=1S/C21H16N2O3S2/c1-2-26-21(25)14-9-11-28-20(14)23-19(24)15-12-17(18-8-5-10-27-18)22-16-7-4-3-6-13(15)16/h3-12H,2H2,1H3,(H,23,24). The summed E-state index contributed by atoms with van der Waals surface area (Å²) in [5.41, 5.74) is 2.36. The summed E-state index contributed by atoms with van der Waals surface area (Å²) < 4.78 is 5.06. The van der Waals surface area contributed by atoms with Crippen LogP contribution in [0.25, 0.3) is 21.5 Å². The molecule has 1 aromatic carbocycles. The van der Waals surface area contributed by atoms with Crippen molar-refractivity contribution < 1.29 is 14.3 Å². The number of hydrogen-bond donors (Lipinski definition) is 1. The molecule has 5 nitrogen and oxygen atoms in total. The fraction of sp³-hybridized carbons (Fsp3) is 0.0952. The molecular weight excluding hydrogens is 392 g/mol. The van der Waals surface area contributed by atoms with Crippen LogP contribution in [0, 0.1) is 0 Å². The smallest absolute Gasteiger partial charge is 0.341 e. The molecule has 0 unspecified atom stereocenters. The van der Waals surface area contributed by atoms with Gasteiger partial charge < -0.3 is 10.1 Å². The van der Waals surface area contributed by atoms with E-state index in [0.29, 0.717) is 16.1 Å². The van der Waals surface area contributed by atoms with Crippen LogP contribution in [0.2, 0.25) is 0 Å². The fourth-order valence-electron chi connectivity index (χ4n) is 2.86. The van der Waals surface area contributed by atoms with Crippen molar-refractivity contribution in [1.82, 2.24) is 4.98 Å². The Hall–Kier alpha value is -3.03. The van der Waals surface area contributed by atoms with E-state index in [1.807, 2.05) is 41.8 Å². The summed E-state index contributed by atoms with van der Waals surface area (Å²) in [6.45, 7) is 2.03. The Labute approximate surface area is 169 Å². The van der Waals surface area contributed by atoms with Crippen LogP contribution in [0.1, 0.15) is 27.6 Å². The first-order valence-corrected chi connectivity index (χ1v) is 10.4. The second-order valence-corrected chi connectivity index (χ2v) is 7.75. The van der Waals surface area contributed by atoms with Gasteiger partial charge in [-0.2, -0.15) is 0 Å². The lowest BCUT2D eigenvalue weighted by Gasteiger charge is -2.10. The Morgan fingerprint density at radius 1 is 1.04 bits per heavy atom. The maximum Gasteiger partial charge on any atom is 0.341 e. The average molecular weight is 409 g/mol. The number of thiophene rings is 2. The highest BCUT2D eigenvalue weighted by Crippen LogP contribution is 2.30. The predicted molar refractivity (Wildman–Crippen MR) is 113 cm³/mol. The van der Waals surface area contributed by atoms with Crippen molar-refractivity contribution >= 4 is 50.5 Å². The molecule has 0 atom stereocenters. The van der Waals surface area contributed by atoms with Gasteiger partial charge in [0.15, 0.2) is 0 Å². The van der Waals surface area contributed by atoms with Gasteiger partial charge in [-0.1, -0.05) is 24.3 Å². The highest BCUT2D eigenvalue weighted by Gasteiger charge is 2.19. The second-order valence-electron chi connectivity index (χ2n) is 5.89. The van der Waals surface area contributed by atoms with Crippen molar-refractivity contribution in [2.75, 3.05) is 11.9 Å². The van der Waals surface area contributed by atoms with Gasteiger partial charge in [-0.15, -0.1) is 22.7 Å². The number of esters is 1. The van der Waals surface area contributed by atoms with Crippen molar-refractivity contribution in [1.29, 1.82) is 0 Å². The molecule has 1 N–H and O–H groups in total. The number of amides is 1. The number of fused-ring (bicyclic) bond motifs is 1. The minimum Gasteiger partial charge on any atom is -0.462 e. The number of rotatable bonds is 5. The molecule has 0 aliphatic heterocycles. The molecule has 0 bridgehead atoms. The van der Waals surface area contributed by atoms with Crippen molar-refractivity contribution in [2.45, 2.75) is 6.92 Å². The lowest BCUT2D eigenvalue weighted by molar-refractivity contribution is 0.0528. The summed E-state index contributed by atoms with van der Waals surface area (Å²) >= 11 is 2.86. The first kappa shape index (κ1) is 18.3. The van der Waals surface area contributed by atoms with Crippen molar-refractivity contribution in [2.24, 2.45) is 0 Å². The molecule has 0 radical (unpaired) electrons. The summed E-state index contributed by atoms with van der Waals surface area (Å²) in [5.74, 6) is -0.734. The molecular formula is C21H16N2O3S2. The maximum absolute atomic E-state index is 13.1. The van der Waals surface area contributed by atoms with Crippen LogP contribution >= 0.6 is 22.7 Å². The molecule has 7 heteroatoms. The van der Waals surface area contributed by atoms with E-state index in [4.69, 9.17) is 4.74 Å². The number of benzene rings is 1. The topological polar surface area (TPSA) is 68.3 Å².